The van der Waals surface area contributed by atoms with Crippen molar-refractivity contribution in [2.45, 2.75) is 32.9 Å². The Hall–Kier alpha value is -2.10. The first-order chi connectivity index (χ1) is 9.28. The Kier molecular flexibility index (Phi) is 3.07. The molecule has 98 valence electrons. The van der Waals surface area contributed by atoms with E-state index in [1.165, 1.54) is 0 Å². The number of ether oxygens (including phenoxy) is 1. The molecular weight excluding hydrogens is 240 g/mol. The molecule has 1 aliphatic rings. The minimum Gasteiger partial charge on any atom is -0.486 e. The maximum absolute atomic E-state index is 11.6. The number of carbonyl (C=O) groups excluding carboxylic acids is 1. The molecule has 0 N–H and O–H groups in total. The van der Waals surface area contributed by atoms with Crippen LogP contribution in [-0.2, 0) is 19.6 Å². The summed E-state index contributed by atoms with van der Waals surface area (Å²) in [6.07, 6.45) is 5.18. The van der Waals surface area contributed by atoms with E-state index in [1.807, 2.05) is 24.4 Å². The molecule has 2 aromatic rings. The Bertz CT molecular complexity index is 616. The summed E-state index contributed by atoms with van der Waals surface area (Å²) in [6.45, 7) is 3.41. The molecule has 1 heterocycles. The number of imidazole rings is 1. The van der Waals surface area contributed by atoms with Crippen molar-refractivity contribution in [2.75, 3.05) is 0 Å². The number of fused-ring (bicyclic) bond motifs is 1. The lowest BCUT2D eigenvalue weighted by molar-refractivity contribution is 0.0994. The van der Waals surface area contributed by atoms with Gasteiger partial charge < -0.3 is 9.30 Å². The van der Waals surface area contributed by atoms with Gasteiger partial charge >= 0.3 is 0 Å². The van der Waals surface area contributed by atoms with Crippen LogP contribution in [0.1, 0.15) is 35.1 Å². The molecule has 0 bridgehead atoms. The molecule has 0 spiro atoms. The third-order valence-electron chi connectivity index (χ3n) is 3.51. The highest BCUT2D eigenvalue weighted by Crippen LogP contribution is 2.26. The van der Waals surface area contributed by atoms with Crippen molar-refractivity contribution in [3.63, 3.8) is 0 Å². The van der Waals surface area contributed by atoms with Gasteiger partial charge in [0.25, 0.3) is 0 Å². The Balaban J connectivity index is 1.73. The van der Waals surface area contributed by atoms with E-state index in [9.17, 15) is 4.79 Å². The van der Waals surface area contributed by atoms with Crippen LogP contribution in [0.4, 0.5) is 0 Å². The Morgan fingerprint density at radius 1 is 1.37 bits per heavy atom. The quantitative estimate of drug-likeness (QED) is 0.844. The molecule has 3 rings (SSSR count). The van der Waals surface area contributed by atoms with E-state index in [1.54, 1.807) is 6.20 Å². The SMILES string of the molecule is CCn1ccnc1COc1ccc2c(c1)CCC2=O. The van der Waals surface area contributed by atoms with Crippen LogP contribution in [0.2, 0.25) is 0 Å². The average molecular weight is 256 g/mol. The number of rotatable bonds is 4. The van der Waals surface area contributed by atoms with Crippen molar-refractivity contribution >= 4 is 5.78 Å². The fourth-order valence-corrected chi connectivity index (χ4v) is 2.44. The number of benzene rings is 1. The van der Waals surface area contributed by atoms with E-state index < -0.39 is 0 Å². The summed E-state index contributed by atoms with van der Waals surface area (Å²) >= 11 is 0. The monoisotopic (exact) mass is 256 g/mol. The molecule has 0 saturated heterocycles. The van der Waals surface area contributed by atoms with Crippen LogP contribution in [-0.4, -0.2) is 15.3 Å². The fourth-order valence-electron chi connectivity index (χ4n) is 2.44. The summed E-state index contributed by atoms with van der Waals surface area (Å²) in [5, 5.41) is 0. The van der Waals surface area contributed by atoms with Crippen molar-refractivity contribution in [2.24, 2.45) is 0 Å². The van der Waals surface area contributed by atoms with E-state index in [0.29, 0.717) is 13.0 Å². The van der Waals surface area contributed by atoms with Crippen LogP contribution in [0.15, 0.2) is 30.6 Å². The molecule has 1 aliphatic carbocycles. The van der Waals surface area contributed by atoms with E-state index >= 15 is 0 Å². The number of nitrogens with zero attached hydrogens (tertiary/aromatic N) is 2. The van der Waals surface area contributed by atoms with E-state index in [2.05, 4.69) is 16.5 Å². The second-order valence-electron chi connectivity index (χ2n) is 4.66. The van der Waals surface area contributed by atoms with Gasteiger partial charge in [-0.3, -0.25) is 4.79 Å². The van der Waals surface area contributed by atoms with E-state index in [0.717, 1.165) is 35.7 Å². The maximum atomic E-state index is 11.6. The fraction of sp³-hybridized carbons (Fsp3) is 0.333. The largest absolute Gasteiger partial charge is 0.486 e. The summed E-state index contributed by atoms with van der Waals surface area (Å²) in [5.74, 6) is 1.96. The van der Waals surface area contributed by atoms with Crippen molar-refractivity contribution in [1.82, 2.24) is 9.55 Å². The first kappa shape index (κ1) is 12.0. The zero-order valence-electron chi connectivity index (χ0n) is 10.9. The van der Waals surface area contributed by atoms with Crippen LogP contribution >= 0.6 is 0 Å². The van der Waals surface area contributed by atoms with Gasteiger partial charge in [-0.1, -0.05) is 0 Å². The lowest BCUT2D eigenvalue weighted by Gasteiger charge is -2.08. The van der Waals surface area contributed by atoms with Crippen LogP contribution in [0.25, 0.3) is 0 Å². The Morgan fingerprint density at radius 3 is 3.11 bits per heavy atom. The average Bonchev–Trinajstić information content (AvgIpc) is 3.03. The number of carbonyl (C=O) groups is 1. The highest BCUT2D eigenvalue weighted by atomic mass is 16.5. The van der Waals surface area contributed by atoms with Crippen LogP contribution < -0.4 is 4.74 Å². The molecule has 4 heteroatoms. The summed E-state index contributed by atoms with van der Waals surface area (Å²) < 4.78 is 7.81. The normalized spacial score (nSPS) is 13.6. The van der Waals surface area contributed by atoms with Gasteiger partial charge in [0.2, 0.25) is 0 Å². The van der Waals surface area contributed by atoms with Crippen LogP contribution in [0.5, 0.6) is 5.75 Å². The molecule has 0 radical (unpaired) electrons. The highest BCUT2D eigenvalue weighted by Gasteiger charge is 2.19. The van der Waals surface area contributed by atoms with E-state index in [4.69, 9.17) is 4.74 Å². The predicted molar refractivity (Wildman–Crippen MR) is 71.3 cm³/mol. The predicted octanol–water partition coefficient (Wildman–Crippen LogP) is 2.61. The van der Waals surface area contributed by atoms with Gasteiger partial charge in [-0.25, -0.2) is 4.98 Å². The zero-order chi connectivity index (χ0) is 13.2. The molecule has 0 atom stereocenters. The Morgan fingerprint density at radius 2 is 2.26 bits per heavy atom. The minimum absolute atomic E-state index is 0.239. The van der Waals surface area contributed by atoms with Gasteiger partial charge in [0.15, 0.2) is 5.78 Å². The number of hydrogen-bond acceptors (Lipinski definition) is 3. The molecule has 19 heavy (non-hydrogen) atoms. The summed E-state index contributed by atoms with van der Waals surface area (Å²) in [5.41, 5.74) is 1.95. The van der Waals surface area contributed by atoms with Gasteiger partial charge in [0.1, 0.15) is 18.2 Å². The summed E-state index contributed by atoms with van der Waals surface area (Å²) in [6, 6.07) is 5.70. The van der Waals surface area contributed by atoms with Crippen molar-refractivity contribution in [3.8, 4) is 5.75 Å². The lowest BCUT2D eigenvalue weighted by Crippen LogP contribution is -2.05. The third-order valence-corrected chi connectivity index (χ3v) is 3.51. The van der Waals surface area contributed by atoms with E-state index in [-0.39, 0.29) is 5.78 Å². The molecular formula is C15H16N2O2. The van der Waals surface area contributed by atoms with Crippen molar-refractivity contribution in [1.29, 1.82) is 0 Å². The number of ketones is 1. The molecule has 0 amide bonds. The van der Waals surface area contributed by atoms with Gasteiger partial charge in [-0.2, -0.15) is 0 Å². The Labute approximate surface area is 112 Å². The second-order valence-corrected chi connectivity index (χ2v) is 4.66. The first-order valence-corrected chi connectivity index (χ1v) is 6.57. The standard InChI is InChI=1S/C15H16N2O2/c1-2-17-8-7-16-15(17)10-19-12-4-5-13-11(9-12)3-6-14(13)18/h4-5,7-9H,2-3,6,10H2,1H3. The molecule has 4 nitrogen and oxygen atoms in total. The zero-order valence-corrected chi connectivity index (χ0v) is 10.9. The number of hydrogen-bond donors (Lipinski definition) is 0. The number of aryl methyl sites for hydroxylation is 2. The van der Waals surface area contributed by atoms with Gasteiger partial charge in [0, 0.05) is 30.9 Å². The second kappa shape index (κ2) is 4.88. The minimum atomic E-state index is 0.239. The number of Topliss-reactive ketones (excluding diaryl/α,β-unsaturated/α-hetero) is 1. The third kappa shape index (κ3) is 2.26. The summed E-state index contributed by atoms with van der Waals surface area (Å²) in [7, 11) is 0. The molecule has 1 aromatic carbocycles. The highest BCUT2D eigenvalue weighted by molar-refractivity contribution is 6.00. The van der Waals surface area contributed by atoms with Crippen molar-refractivity contribution in [3.05, 3.63) is 47.5 Å². The molecule has 0 saturated carbocycles. The smallest absolute Gasteiger partial charge is 0.163 e. The topological polar surface area (TPSA) is 44.1 Å². The lowest BCUT2D eigenvalue weighted by atomic mass is 10.1. The maximum Gasteiger partial charge on any atom is 0.163 e. The molecule has 0 unspecified atom stereocenters. The summed E-state index contributed by atoms with van der Waals surface area (Å²) in [4.78, 5) is 15.8. The van der Waals surface area contributed by atoms with Gasteiger partial charge in [-0.15, -0.1) is 0 Å². The van der Waals surface area contributed by atoms with Crippen LogP contribution in [0, 0.1) is 0 Å². The van der Waals surface area contributed by atoms with Gasteiger partial charge in [0.05, 0.1) is 0 Å². The van der Waals surface area contributed by atoms with Crippen molar-refractivity contribution < 1.29 is 9.53 Å². The first-order valence-electron chi connectivity index (χ1n) is 6.57. The van der Waals surface area contributed by atoms with Gasteiger partial charge in [-0.05, 0) is 37.1 Å². The molecule has 1 aromatic heterocycles. The van der Waals surface area contributed by atoms with Crippen LogP contribution in [0.3, 0.4) is 0 Å². The molecule has 0 fully saturated rings. The number of aromatic nitrogens is 2. The molecule has 0 aliphatic heterocycles.